The van der Waals surface area contributed by atoms with Crippen LogP contribution in [-0.2, 0) is 4.79 Å². The Bertz CT molecular complexity index is 1100. The lowest BCUT2D eigenvalue weighted by molar-refractivity contribution is -0.125. The van der Waals surface area contributed by atoms with Gasteiger partial charge in [-0.15, -0.1) is 0 Å². The van der Waals surface area contributed by atoms with E-state index in [9.17, 15) is 9.59 Å². The normalized spacial score (nSPS) is 15.1. The Labute approximate surface area is 180 Å². The van der Waals surface area contributed by atoms with E-state index < -0.39 is 6.10 Å². The molecule has 0 bridgehead atoms. The minimum atomic E-state index is -0.629. The summed E-state index contributed by atoms with van der Waals surface area (Å²) in [4.78, 5) is 30.7. The van der Waals surface area contributed by atoms with Crippen molar-refractivity contribution in [1.29, 1.82) is 0 Å². The van der Waals surface area contributed by atoms with Gasteiger partial charge in [0.25, 0.3) is 11.8 Å². The molecule has 1 unspecified atom stereocenters. The Kier molecular flexibility index (Phi) is 5.84. The molecule has 1 atom stereocenters. The molecule has 7 heteroatoms. The number of carbonyl (C=O) groups is 2. The Morgan fingerprint density at radius 2 is 2.06 bits per heavy atom. The first-order valence-electron chi connectivity index (χ1n) is 10.0. The smallest absolute Gasteiger partial charge is 0.267 e. The number of hydrogen-bond donors (Lipinski definition) is 1. The van der Waals surface area contributed by atoms with Crippen LogP contribution in [0.1, 0.15) is 22.8 Å². The van der Waals surface area contributed by atoms with Gasteiger partial charge >= 0.3 is 0 Å². The van der Waals surface area contributed by atoms with Gasteiger partial charge in [-0.1, -0.05) is 12.1 Å². The Hall–Kier alpha value is -3.87. The fraction of sp³-hybridized carbons (Fsp3) is 0.208. The van der Waals surface area contributed by atoms with Crippen molar-refractivity contribution in [2.24, 2.45) is 0 Å². The minimum Gasteiger partial charge on any atom is -0.492 e. The lowest BCUT2D eigenvalue weighted by atomic mass is 10.1. The Morgan fingerprint density at radius 3 is 2.84 bits per heavy atom. The number of anilines is 2. The van der Waals surface area contributed by atoms with Crippen LogP contribution >= 0.6 is 0 Å². The summed E-state index contributed by atoms with van der Waals surface area (Å²) in [5, 5.41) is 2.83. The van der Waals surface area contributed by atoms with Gasteiger partial charge in [-0.2, -0.15) is 0 Å². The van der Waals surface area contributed by atoms with E-state index >= 15 is 0 Å². The quantitative estimate of drug-likeness (QED) is 0.659. The van der Waals surface area contributed by atoms with Gasteiger partial charge in [-0.05, 0) is 55.8 Å². The number of aromatic nitrogens is 1. The fourth-order valence-electron chi connectivity index (χ4n) is 3.38. The van der Waals surface area contributed by atoms with Gasteiger partial charge in [0.2, 0.25) is 0 Å². The van der Waals surface area contributed by atoms with Gasteiger partial charge in [0.05, 0.1) is 17.8 Å². The molecule has 2 aromatic carbocycles. The summed E-state index contributed by atoms with van der Waals surface area (Å²) in [5.41, 5.74) is 2.79. The van der Waals surface area contributed by atoms with Crippen molar-refractivity contribution in [3.05, 3.63) is 78.1 Å². The summed E-state index contributed by atoms with van der Waals surface area (Å²) in [6.07, 6.45) is 2.48. The molecule has 3 aromatic rings. The van der Waals surface area contributed by atoms with Crippen LogP contribution in [0, 0.1) is 6.92 Å². The monoisotopic (exact) mass is 417 g/mol. The molecule has 2 amide bonds. The summed E-state index contributed by atoms with van der Waals surface area (Å²) >= 11 is 0. The third kappa shape index (κ3) is 4.66. The van der Waals surface area contributed by atoms with Crippen molar-refractivity contribution in [3.63, 3.8) is 0 Å². The fourth-order valence-corrected chi connectivity index (χ4v) is 3.38. The highest BCUT2D eigenvalue weighted by Crippen LogP contribution is 2.36. The van der Waals surface area contributed by atoms with Crippen molar-refractivity contribution < 1.29 is 19.1 Å². The molecule has 7 nitrogen and oxygen atoms in total. The number of ether oxygens (including phenoxy) is 2. The third-order valence-corrected chi connectivity index (χ3v) is 4.92. The van der Waals surface area contributed by atoms with Crippen LogP contribution in [0.15, 0.2) is 67.0 Å². The predicted octanol–water partition coefficient (Wildman–Crippen LogP) is 3.84. The van der Waals surface area contributed by atoms with E-state index in [0.29, 0.717) is 35.8 Å². The summed E-state index contributed by atoms with van der Waals surface area (Å²) in [6, 6.07) is 16.4. The van der Waals surface area contributed by atoms with Crippen molar-refractivity contribution in [3.8, 4) is 11.5 Å². The molecule has 0 fully saturated rings. The number of amides is 2. The molecule has 0 spiro atoms. The van der Waals surface area contributed by atoms with Crippen LogP contribution in [-0.4, -0.2) is 36.1 Å². The number of aryl methyl sites for hydroxylation is 1. The second kappa shape index (κ2) is 8.87. The molecule has 158 valence electrons. The number of nitrogens with one attached hydrogen (secondary N) is 1. The van der Waals surface area contributed by atoms with Gasteiger partial charge in [0.15, 0.2) is 6.10 Å². The molecule has 1 aliphatic heterocycles. The molecular weight excluding hydrogens is 394 g/mol. The van der Waals surface area contributed by atoms with E-state index in [1.165, 1.54) is 6.20 Å². The van der Waals surface area contributed by atoms with Crippen molar-refractivity contribution in [1.82, 2.24) is 4.98 Å². The van der Waals surface area contributed by atoms with Crippen molar-refractivity contribution >= 4 is 23.2 Å². The van der Waals surface area contributed by atoms with Crippen LogP contribution in [0.3, 0.4) is 0 Å². The number of rotatable bonds is 6. The standard InChI is InChI=1S/C24H23N3O4/c1-16-5-3-7-20(13-16)30-12-11-27-21-9-8-19(14-22(21)31-17(2)24(27)29)26-23(28)18-6-4-10-25-15-18/h3-10,13-15,17H,11-12H2,1-2H3,(H,26,28). The molecule has 0 radical (unpaired) electrons. The van der Waals surface area contributed by atoms with Crippen LogP contribution in [0.2, 0.25) is 0 Å². The number of benzene rings is 2. The molecule has 0 saturated carbocycles. The first-order chi connectivity index (χ1) is 15.0. The second-order valence-corrected chi connectivity index (χ2v) is 7.29. The molecule has 2 heterocycles. The SMILES string of the molecule is Cc1cccc(OCCN2C(=O)C(C)Oc3cc(NC(=O)c4cccnc4)ccc32)c1. The van der Waals surface area contributed by atoms with E-state index in [4.69, 9.17) is 9.47 Å². The first kappa shape index (κ1) is 20.4. The average molecular weight is 417 g/mol. The average Bonchev–Trinajstić information content (AvgIpc) is 2.77. The minimum absolute atomic E-state index is 0.132. The summed E-state index contributed by atoms with van der Waals surface area (Å²) in [6.45, 7) is 4.44. The molecular formula is C24H23N3O4. The maximum atomic E-state index is 12.7. The zero-order valence-corrected chi connectivity index (χ0v) is 17.4. The highest BCUT2D eigenvalue weighted by molar-refractivity contribution is 6.05. The zero-order chi connectivity index (χ0) is 21.8. The van der Waals surface area contributed by atoms with E-state index in [1.54, 1.807) is 48.4 Å². The number of hydrogen-bond acceptors (Lipinski definition) is 5. The third-order valence-electron chi connectivity index (χ3n) is 4.92. The van der Waals surface area contributed by atoms with Crippen LogP contribution < -0.4 is 19.7 Å². The number of fused-ring (bicyclic) bond motifs is 1. The summed E-state index contributed by atoms with van der Waals surface area (Å²) < 4.78 is 11.6. The summed E-state index contributed by atoms with van der Waals surface area (Å²) in [7, 11) is 0. The maximum Gasteiger partial charge on any atom is 0.267 e. The largest absolute Gasteiger partial charge is 0.492 e. The highest BCUT2D eigenvalue weighted by atomic mass is 16.5. The molecule has 0 saturated heterocycles. The van der Waals surface area contributed by atoms with Gasteiger partial charge in [-0.25, -0.2) is 0 Å². The van der Waals surface area contributed by atoms with Crippen LogP contribution in [0.25, 0.3) is 0 Å². The maximum absolute atomic E-state index is 12.7. The zero-order valence-electron chi connectivity index (χ0n) is 17.4. The molecule has 1 N–H and O–H groups in total. The number of pyridine rings is 1. The van der Waals surface area contributed by atoms with Crippen LogP contribution in [0.4, 0.5) is 11.4 Å². The van der Waals surface area contributed by atoms with E-state index in [2.05, 4.69) is 10.3 Å². The molecule has 0 aliphatic carbocycles. The molecule has 4 rings (SSSR count). The Morgan fingerprint density at radius 1 is 1.19 bits per heavy atom. The van der Waals surface area contributed by atoms with Crippen molar-refractivity contribution in [2.45, 2.75) is 20.0 Å². The first-order valence-corrected chi connectivity index (χ1v) is 10.0. The summed E-state index contributed by atoms with van der Waals surface area (Å²) in [5.74, 6) is 0.901. The van der Waals surface area contributed by atoms with Crippen LogP contribution in [0.5, 0.6) is 11.5 Å². The van der Waals surface area contributed by atoms with Gasteiger partial charge < -0.3 is 19.7 Å². The number of nitrogens with zero attached hydrogens (tertiary/aromatic N) is 2. The number of carbonyl (C=O) groups excluding carboxylic acids is 2. The van der Waals surface area contributed by atoms with E-state index in [1.807, 2.05) is 31.2 Å². The molecule has 1 aromatic heterocycles. The lowest BCUT2D eigenvalue weighted by Crippen LogP contribution is -2.46. The second-order valence-electron chi connectivity index (χ2n) is 7.29. The molecule has 31 heavy (non-hydrogen) atoms. The van der Waals surface area contributed by atoms with Gasteiger partial charge in [0.1, 0.15) is 18.1 Å². The van der Waals surface area contributed by atoms with E-state index in [-0.39, 0.29) is 11.8 Å². The highest BCUT2D eigenvalue weighted by Gasteiger charge is 2.31. The van der Waals surface area contributed by atoms with Gasteiger partial charge in [-0.3, -0.25) is 14.6 Å². The van der Waals surface area contributed by atoms with Gasteiger partial charge in [0, 0.05) is 24.1 Å². The van der Waals surface area contributed by atoms with E-state index in [0.717, 1.165) is 11.3 Å². The molecule has 1 aliphatic rings. The topological polar surface area (TPSA) is 80.8 Å². The Balaban J connectivity index is 1.48. The van der Waals surface area contributed by atoms with Crippen molar-refractivity contribution in [2.75, 3.05) is 23.4 Å². The lowest BCUT2D eigenvalue weighted by Gasteiger charge is -2.33. The predicted molar refractivity (Wildman–Crippen MR) is 118 cm³/mol.